The normalized spacial score (nSPS) is 9.31. The fourth-order valence-corrected chi connectivity index (χ4v) is 3.38. The Hall–Kier alpha value is -4.51. The molecule has 0 N–H and O–H groups in total. The number of benzene rings is 3. The van der Waals surface area contributed by atoms with E-state index in [2.05, 4.69) is 42.3 Å². The van der Waals surface area contributed by atoms with Crippen LogP contribution in [0.4, 0.5) is 0 Å². The summed E-state index contributed by atoms with van der Waals surface area (Å²) < 4.78 is 21.0. The van der Waals surface area contributed by atoms with Crippen molar-refractivity contribution in [1.29, 1.82) is 0 Å². The highest BCUT2D eigenvalue weighted by molar-refractivity contribution is 14.1. The van der Waals surface area contributed by atoms with Crippen molar-refractivity contribution >= 4 is 47.1 Å². The number of esters is 2. The van der Waals surface area contributed by atoms with Gasteiger partial charge in [0.25, 0.3) is 0 Å². The van der Waals surface area contributed by atoms with Crippen LogP contribution in [0.15, 0.2) is 104 Å². The van der Waals surface area contributed by atoms with Crippen LogP contribution in [-0.4, -0.2) is 43.2 Å². The Balaban J connectivity index is 0.000000379. The molecule has 42 heavy (non-hydrogen) atoms. The van der Waals surface area contributed by atoms with Gasteiger partial charge in [-0.15, -0.1) is 0 Å². The highest BCUT2D eigenvalue weighted by Gasteiger charge is 2.10. The van der Waals surface area contributed by atoms with Gasteiger partial charge >= 0.3 is 11.9 Å². The topological polar surface area (TPSA) is 105 Å². The third-order valence-corrected chi connectivity index (χ3v) is 6.11. The van der Waals surface area contributed by atoms with Gasteiger partial charge in [0.1, 0.15) is 24.1 Å². The molecule has 0 fully saturated rings. The van der Waals surface area contributed by atoms with Crippen LogP contribution in [0.2, 0.25) is 0 Å². The van der Waals surface area contributed by atoms with Gasteiger partial charge in [0.05, 0.1) is 14.2 Å². The first kappa shape index (κ1) is 35.5. The number of aldehydes is 2. The van der Waals surface area contributed by atoms with E-state index in [1.54, 1.807) is 31.4 Å². The first-order chi connectivity index (χ1) is 20.3. The van der Waals surface area contributed by atoms with Crippen molar-refractivity contribution in [2.45, 2.75) is 12.8 Å². The van der Waals surface area contributed by atoms with E-state index < -0.39 is 5.97 Å². The summed E-state index contributed by atoms with van der Waals surface area (Å²) in [6, 6.07) is 20.4. The second-order valence-corrected chi connectivity index (χ2v) is 8.83. The Bertz CT molecular complexity index is 1340. The largest absolute Gasteiger partial charge is 0.497 e. The Morgan fingerprint density at radius 1 is 0.810 bits per heavy atom. The lowest BCUT2D eigenvalue weighted by Gasteiger charge is -2.09. The van der Waals surface area contributed by atoms with E-state index in [0.29, 0.717) is 46.4 Å². The molecule has 9 heteroatoms. The number of hydrogen-bond donors (Lipinski definition) is 0. The zero-order chi connectivity index (χ0) is 31.3. The fourth-order valence-electron chi connectivity index (χ4n) is 3.06. The number of halogens is 1. The minimum atomic E-state index is -0.546. The lowest BCUT2D eigenvalue weighted by atomic mass is 10.1. The summed E-state index contributed by atoms with van der Waals surface area (Å²) in [5.74, 6) is 1.21. The maximum atomic E-state index is 11.6. The quantitative estimate of drug-likeness (QED) is 0.0529. The Morgan fingerprint density at radius 2 is 1.38 bits per heavy atom. The molecule has 0 aliphatic heterocycles. The van der Waals surface area contributed by atoms with Gasteiger partial charge in [0.15, 0.2) is 11.5 Å². The average Bonchev–Trinajstić information content (AvgIpc) is 3.04. The first-order valence-corrected chi connectivity index (χ1v) is 14.0. The van der Waals surface area contributed by atoms with E-state index in [-0.39, 0.29) is 5.97 Å². The Morgan fingerprint density at radius 3 is 1.83 bits per heavy atom. The van der Waals surface area contributed by atoms with Crippen molar-refractivity contribution in [2.24, 2.45) is 0 Å². The van der Waals surface area contributed by atoms with Gasteiger partial charge in [-0.2, -0.15) is 0 Å². The maximum Gasteiger partial charge on any atom is 0.339 e. The molecule has 220 valence electrons. The van der Waals surface area contributed by atoms with Crippen molar-refractivity contribution in [2.75, 3.05) is 18.6 Å². The van der Waals surface area contributed by atoms with Gasteiger partial charge in [-0.05, 0) is 65.6 Å². The van der Waals surface area contributed by atoms with Crippen LogP contribution in [0, 0.1) is 0 Å². The van der Waals surface area contributed by atoms with Crippen LogP contribution < -0.4 is 18.9 Å². The summed E-state index contributed by atoms with van der Waals surface area (Å²) in [6.45, 7) is 10.1. The molecule has 0 spiro atoms. The molecule has 3 aromatic carbocycles. The SMILES string of the molecule is C=C(CI)C(=O)Oc1ccc(-c2ccc(OC)cc2)cc1.C=CC(=O)Oc1cc(CCC=O)ccc1OC.C=CC=O. The number of carbonyl (C=O) groups is 4. The van der Waals surface area contributed by atoms with E-state index in [1.165, 1.54) is 13.2 Å². The van der Waals surface area contributed by atoms with Crippen molar-refractivity contribution in [3.8, 4) is 34.1 Å². The first-order valence-electron chi connectivity index (χ1n) is 12.5. The monoisotopic (exact) mass is 684 g/mol. The number of ether oxygens (including phenoxy) is 4. The predicted molar refractivity (Wildman–Crippen MR) is 172 cm³/mol. The van der Waals surface area contributed by atoms with E-state index in [0.717, 1.165) is 34.8 Å². The van der Waals surface area contributed by atoms with Crippen LogP contribution in [0.1, 0.15) is 12.0 Å². The Labute approximate surface area is 259 Å². The molecule has 0 unspecified atom stereocenters. The summed E-state index contributed by atoms with van der Waals surface area (Å²) >= 11 is 2.08. The zero-order valence-corrected chi connectivity index (χ0v) is 25.7. The molecule has 0 aliphatic rings. The molecule has 0 aromatic heterocycles. The van der Waals surface area contributed by atoms with E-state index in [1.807, 2.05) is 42.5 Å². The van der Waals surface area contributed by atoms with E-state index in [4.69, 9.17) is 23.7 Å². The van der Waals surface area contributed by atoms with E-state index in [9.17, 15) is 14.4 Å². The minimum Gasteiger partial charge on any atom is -0.497 e. The van der Waals surface area contributed by atoms with Gasteiger partial charge < -0.3 is 23.7 Å². The molecular formula is C33H33IO8. The molecule has 3 rings (SSSR count). The lowest BCUT2D eigenvalue weighted by molar-refractivity contribution is -0.130. The second kappa shape index (κ2) is 20.4. The third kappa shape index (κ3) is 12.8. The minimum absolute atomic E-state index is 0.334. The van der Waals surface area contributed by atoms with Gasteiger partial charge in [0, 0.05) is 22.5 Å². The highest BCUT2D eigenvalue weighted by Crippen LogP contribution is 2.29. The average molecular weight is 685 g/mol. The van der Waals surface area contributed by atoms with Crippen LogP contribution in [0.25, 0.3) is 11.1 Å². The van der Waals surface area contributed by atoms with Crippen LogP contribution >= 0.6 is 22.6 Å². The highest BCUT2D eigenvalue weighted by atomic mass is 127. The molecule has 0 amide bonds. The van der Waals surface area contributed by atoms with Crippen LogP contribution in [-0.2, 0) is 25.6 Å². The second-order valence-electron chi connectivity index (χ2n) is 8.07. The smallest absolute Gasteiger partial charge is 0.339 e. The summed E-state index contributed by atoms with van der Waals surface area (Å²) in [5, 5.41) is 0. The molecule has 0 bridgehead atoms. The van der Waals surface area contributed by atoms with E-state index >= 15 is 0 Å². The summed E-state index contributed by atoms with van der Waals surface area (Å²) in [6.07, 6.45) is 4.80. The molecule has 3 aromatic rings. The molecular weight excluding hydrogens is 651 g/mol. The Kier molecular flexibility index (Phi) is 17.2. The summed E-state index contributed by atoms with van der Waals surface area (Å²) in [7, 11) is 3.13. The number of hydrogen-bond acceptors (Lipinski definition) is 8. The van der Waals surface area contributed by atoms with Crippen molar-refractivity contribution in [1.82, 2.24) is 0 Å². The molecule has 0 saturated heterocycles. The predicted octanol–water partition coefficient (Wildman–Crippen LogP) is 6.55. The number of carbonyl (C=O) groups excluding carboxylic acids is 4. The molecule has 0 saturated carbocycles. The van der Waals surface area contributed by atoms with Gasteiger partial charge in [-0.25, -0.2) is 9.59 Å². The van der Waals surface area contributed by atoms with Gasteiger partial charge in [-0.3, -0.25) is 4.79 Å². The van der Waals surface area contributed by atoms with Crippen molar-refractivity contribution in [3.05, 3.63) is 110 Å². The number of allylic oxidation sites excluding steroid dienone is 1. The summed E-state index contributed by atoms with van der Waals surface area (Å²) in [4.78, 5) is 42.1. The van der Waals surface area contributed by atoms with Crippen molar-refractivity contribution in [3.63, 3.8) is 0 Å². The van der Waals surface area contributed by atoms with Crippen LogP contribution in [0.5, 0.6) is 23.0 Å². The number of methoxy groups -OCH3 is 2. The van der Waals surface area contributed by atoms with Crippen LogP contribution in [0.3, 0.4) is 0 Å². The fraction of sp³-hybridized carbons (Fsp3) is 0.152. The molecule has 0 aliphatic carbocycles. The standard InChI is InChI=1S/C17H15IO3.C13H14O4.C3H4O/c1-12(11-18)17(19)21-16-9-5-14(6-10-16)13-3-7-15(20-2)8-4-13;1-3-13(15)17-12-9-10(5-4-8-14)6-7-11(12)16-2;1-2-3-4/h3-10H,1,11H2,2H3;3,6-9H,1,4-5H2,2H3;2-3H,1H2. The lowest BCUT2D eigenvalue weighted by Crippen LogP contribution is -2.10. The molecule has 0 radical (unpaired) electrons. The van der Waals surface area contributed by atoms with Crippen molar-refractivity contribution < 1.29 is 38.1 Å². The number of alkyl halides is 1. The third-order valence-electron chi connectivity index (χ3n) is 5.19. The molecule has 0 atom stereocenters. The number of rotatable bonds is 12. The molecule has 8 nitrogen and oxygen atoms in total. The summed E-state index contributed by atoms with van der Waals surface area (Å²) in [5.41, 5.74) is 3.48. The zero-order valence-electron chi connectivity index (χ0n) is 23.5. The maximum absolute atomic E-state index is 11.6. The number of aryl methyl sites for hydroxylation is 1. The van der Waals surface area contributed by atoms with Gasteiger partial charge in [-0.1, -0.05) is 72.7 Å². The van der Waals surface area contributed by atoms with Gasteiger partial charge in [0.2, 0.25) is 0 Å². The molecule has 0 heterocycles.